The maximum absolute atomic E-state index is 9.48. The first-order valence-corrected chi connectivity index (χ1v) is 4.41. The summed E-state index contributed by atoms with van der Waals surface area (Å²) in [6.45, 7) is 1.34. The molecule has 1 heterocycles. The Kier molecular flexibility index (Phi) is 1.88. The summed E-state index contributed by atoms with van der Waals surface area (Å²) in [4.78, 5) is 0. The van der Waals surface area contributed by atoms with Gasteiger partial charge >= 0.3 is 0 Å². The first-order chi connectivity index (χ1) is 5.62. The van der Waals surface area contributed by atoms with Gasteiger partial charge in [-0.1, -0.05) is 0 Å². The predicted octanol–water partition coefficient (Wildman–Crippen LogP) is -0.0492. The Hall–Kier alpha value is -0.160. The third-order valence-electron chi connectivity index (χ3n) is 2.69. The Labute approximate surface area is 71.6 Å². The van der Waals surface area contributed by atoms with E-state index in [1.807, 2.05) is 0 Å². The summed E-state index contributed by atoms with van der Waals surface area (Å²) in [6.07, 6.45) is 2.54. The number of nitrogens with two attached hydrogens (primary N) is 1. The molecule has 2 fully saturated rings. The molecule has 1 spiro atoms. The zero-order chi connectivity index (χ0) is 8.66. The van der Waals surface area contributed by atoms with E-state index in [-0.39, 0.29) is 0 Å². The van der Waals surface area contributed by atoms with Gasteiger partial charge in [0.25, 0.3) is 0 Å². The molecule has 0 atom stereocenters. The van der Waals surface area contributed by atoms with E-state index in [9.17, 15) is 5.11 Å². The summed E-state index contributed by atoms with van der Waals surface area (Å²) in [5.74, 6) is -0.411. The standard InChI is InChI=1S/C8H15NO3/c9-7(10)1-3-8(4-2-7)11-5-6-12-8/h10H,1-6,9H2. The van der Waals surface area contributed by atoms with Gasteiger partial charge in [-0.15, -0.1) is 0 Å². The Bertz CT molecular complexity index is 163. The fourth-order valence-electron chi connectivity index (χ4n) is 1.85. The fraction of sp³-hybridized carbons (Fsp3) is 1.00. The Morgan fingerprint density at radius 1 is 1.00 bits per heavy atom. The minimum absolute atomic E-state index is 0.411. The summed E-state index contributed by atoms with van der Waals surface area (Å²) < 4.78 is 11.0. The minimum atomic E-state index is -0.999. The molecule has 0 aromatic rings. The van der Waals surface area contributed by atoms with Crippen LogP contribution in [-0.2, 0) is 9.47 Å². The Balaban J connectivity index is 1.97. The number of ether oxygens (including phenoxy) is 2. The van der Waals surface area contributed by atoms with Crippen molar-refractivity contribution in [3.05, 3.63) is 0 Å². The van der Waals surface area contributed by atoms with Gasteiger partial charge in [0, 0.05) is 12.8 Å². The molecule has 0 radical (unpaired) electrons. The Morgan fingerprint density at radius 2 is 1.50 bits per heavy atom. The molecule has 0 unspecified atom stereocenters. The van der Waals surface area contributed by atoms with Crippen LogP contribution in [-0.4, -0.2) is 29.8 Å². The number of rotatable bonds is 0. The highest BCUT2D eigenvalue weighted by Gasteiger charge is 2.43. The molecule has 1 saturated carbocycles. The van der Waals surface area contributed by atoms with E-state index >= 15 is 0 Å². The van der Waals surface area contributed by atoms with Crippen LogP contribution >= 0.6 is 0 Å². The van der Waals surface area contributed by atoms with Crippen molar-refractivity contribution in [1.29, 1.82) is 0 Å². The molecule has 4 heteroatoms. The van der Waals surface area contributed by atoms with Crippen molar-refractivity contribution in [2.24, 2.45) is 5.73 Å². The topological polar surface area (TPSA) is 64.7 Å². The first kappa shape index (κ1) is 8.44. The zero-order valence-electron chi connectivity index (χ0n) is 7.08. The van der Waals surface area contributed by atoms with Crippen LogP contribution in [0, 0.1) is 0 Å². The second-order valence-corrected chi connectivity index (χ2v) is 3.71. The zero-order valence-corrected chi connectivity index (χ0v) is 7.08. The van der Waals surface area contributed by atoms with Crippen molar-refractivity contribution in [2.75, 3.05) is 13.2 Å². The third kappa shape index (κ3) is 1.47. The van der Waals surface area contributed by atoms with Crippen LogP contribution < -0.4 is 5.73 Å². The van der Waals surface area contributed by atoms with Crippen LogP contribution in [0.25, 0.3) is 0 Å². The monoisotopic (exact) mass is 173 g/mol. The second kappa shape index (κ2) is 2.67. The lowest BCUT2D eigenvalue weighted by Crippen LogP contribution is -2.49. The molecule has 1 saturated heterocycles. The highest BCUT2D eigenvalue weighted by atomic mass is 16.7. The molecule has 12 heavy (non-hydrogen) atoms. The highest BCUT2D eigenvalue weighted by molar-refractivity contribution is 4.87. The quantitative estimate of drug-likeness (QED) is 0.504. The molecule has 0 aromatic heterocycles. The molecule has 3 N–H and O–H groups in total. The van der Waals surface area contributed by atoms with Crippen LogP contribution in [0.15, 0.2) is 0 Å². The van der Waals surface area contributed by atoms with Crippen molar-refractivity contribution in [3.8, 4) is 0 Å². The molecule has 1 aliphatic carbocycles. The van der Waals surface area contributed by atoms with Gasteiger partial charge in [-0.25, -0.2) is 0 Å². The predicted molar refractivity (Wildman–Crippen MR) is 42.2 cm³/mol. The van der Waals surface area contributed by atoms with Crippen molar-refractivity contribution in [1.82, 2.24) is 0 Å². The van der Waals surface area contributed by atoms with E-state index in [0.29, 0.717) is 38.9 Å². The summed E-state index contributed by atoms with van der Waals surface area (Å²) in [7, 11) is 0. The summed E-state index contributed by atoms with van der Waals surface area (Å²) in [6, 6.07) is 0. The second-order valence-electron chi connectivity index (χ2n) is 3.71. The van der Waals surface area contributed by atoms with Crippen molar-refractivity contribution < 1.29 is 14.6 Å². The molecule has 0 aromatic carbocycles. The van der Waals surface area contributed by atoms with Gasteiger partial charge < -0.3 is 20.3 Å². The molecule has 4 nitrogen and oxygen atoms in total. The van der Waals surface area contributed by atoms with Crippen molar-refractivity contribution in [2.45, 2.75) is 37.2 Å². The maximum Gasteiger partial charge on any atom is 0.168 e. The smallest absolute Gasteiger partial charge is 0.168 e. The largest absolute Gasteiger partial charge is 0.376 e. The summed E-state index contributed by atoms with van der Waals surface area (Å²) >= 11 is 0. The van der Waals surface area contributed by atoms with Crippen LogP contribution in [0.3, 0.4) is 0 Å². The molecule has 2 rings (SSSR count). The van der Waals surface area contributed by atoms with Gasteiger partial charge in [0.1, 0.15) is 5.72 Å². The highest BCUT2D eigenvalue weighted by Crippen LogP contribution is 2.37. The Morgan fingerprint density at radius 3 is 2.00 bits per heavy atom. The van der Waals surface area contributed by atoms with E-state index in [0.717, 1.165) is 0 Å². The summed E-state index contributed by atoms with van der Waals surface area (Å²) in [5.41, 5.74) is 4.57. The first-order valence-electron chi connectivity index (χ1n) is 4.41. The van der Waals surface area contributed by atoms with Crippen LogP contribution in [0.1, 0.15) is 25.7 Å². The van der Waals surface area contributed by atoms with Gasteiger partial charge in [0.05, 0.1) is 13.2 Å². The molecular weight excluding hydrogens is 158 g/mol. The molecule has 0 amide bonds. The minimum Gasteiger partial charge on any atom is -0.376 e. The summed E-state index contributed by atoms with van der Waals surface area (Å²) in [5, 5.41) is 9.48. The number of aliphatic hydroxyl groups is 1. The normalized spacial score (nSPS) is 32.5. The lowest BCUT2D eigenvalue weighted by molar-refractivity contribution is -0.201. The molecule has 2 aliphatic rings. The third-order valence-corrected chi connectivity index (χ3v) is 2.69. The van der Waals surface area contributed by atoms with E-state index in [1.54, 1.807) is 0 Å². The lowest BCUT2D eigenvalue weighted by Gasteiger charge is -2.38. The van der Waals surface area contributed by atoms with Crippen LogP contribution in [0.4, 0.5) is 0 Å². The number of hydrogen-bond donors (Lipinski definition) is 2. The van der Waals surface area contributed by atoms with Crippen molar-refractivity contribution in [3.63, 3.8) is 0 Å². The van der Waals surface area contributed by atoms with Gasteiger partial charge in [0.2, 0.25) is 0 Å². The van der Waals surface area contributed by atoms with Crippen LogP contribution in [0.2, 0.25) is 0 Å². The fourth-order valence-corrected chi connectivity index (χ4v) is 1.85. The maximum atomic E-state index is 9.48. The van der Waals surface area contributed by atoms with Gasteiger partial charge in [-0.3, -0.25) is 0 Å². The number of hydrogen-bond acceptors (Lipinski definition) is 4. The molecule has 0 bridgehead atoms. The van der Waals surface area contributed by atoms with E-state index in [2.05, 4.69) is 0 Å². The van der Waals surface area contributed by atoms with Gasteiger partial charge in [-0.05, 0) is 12.8 Å². The average molecular weight is 173 g/mol. The van der Waals surface area contributed by atoms with E-state index in [4.69, 9.17) is 15.2 Å². The van der Waals surface area contributed by atoms with Gasteiger partial charge in [0.15, 0.2) is 5.79 Å². The average Bonchev–Trinajstić information content (AvgIpc) is 2.46. The van der Waals surface area contributed by atoms with E-state index in [1.165, 1.54) is 0 Å². The molecule has 70 valence electrons. The van der Waals surface area contributed by atoms with Crippen molar-refractivity contribution >= 4 is 0 Å². The lowest BCUT2D eigenvalue weighted by atomic mass is 9.88. The SMILES string of the molecule is NC1(O)CCC2(CC1)OCCO2. The molecular formula is C8H15NO3. The van der Waals surface area contributed by atoms with Gasteiger partial charge in [-0.2, -0.15) is 0 Å². The molecule has 1 aliphatic heterocycles. The van der Waals surface area contributed by atoms with E-state index < -0.39 is 11.5 Å². The van der Waals surface area contributed by atoms with Crippen LogP contribution in [0.5, 0.6) is 0 Å².